The Bertz CT molecular complexity index is 703. The van der Waals surface area contributed by atoms with E-state index in [1.807, 2.05) is 30.1 Å². The van der Waals surface area contributed by atoms with Gasteiger partial charge in [0.25, 0.3) is 0 Å². The molecule has 144 valence electrons. The molecule has 1 heterocycles. The van der Waals surface area contributed by atoms with Crippen molar-refractivity contribution in [2.45, 2.75) is 25.7 Å². The number of benzene rings is 1. The molecule has 0 atom stereocenters. The first-order valence-corrected chi connectivity index (χ1v) is 9.20. The van der Waals surface area contributed by atoms with Crippen LogP contribution in [0.15, 0.2) is 35.6 Å². The van der Waals surface area contributed by atoms with E-state index in [1.54, 1.807) is 13.1 Å². The normalized spacial score (nSPS) is 11.2. The van der Waals surface area contributed by atoms with Crippen LogP contribution in [0.3, 0.4) is 0 Å². The standard InChI is InChI=1S/C18H25Cl2N5.HI/c1-21-18(22-9-3-5-14-12-24-25(2)13-14)23-10-4-6-15-7-8-16(19)11-17(15)20;/h7-8,11-13H,3-6,9-10H2,1-2H3,(H2,21,22,23);1H. The van der Waals surface area contributed by atoms with E-state index in [9.17, 15) is 0 Å². The van der Waals surface area contributed by atoms with Gasteiger partial charge in [-0.3, -0.25) is 9.67 Å². The summed E-state index contributed by atoms with van der Waals surface area (Å²) in [5, 5.41) is 12.2. The zero-order valence-electron chi connectivity index (χ0n) is 15.1. The molecule has 0 radical (unpaired) electrons. The molecule has 8 heteroatoms. The van der Waals surface area contributed by atoms with E-state index < -0.39 is 0 Å². The Morgan fingerprint density at radius 3 is 2.42 bits per heavy atom. The van der Waals surface area contributed by atoms with Crippen LogP contribution < -0.4 is 10.6 Å². The van der Waals surface area contributed by atoms with Gasteiger partial charge in [-0.05, 0) is 48.9 Å². The molecular formula is C18H26Cl2IN5. The Kier molecular flexibility index (Phi) is 11.0. The van der Waals surface area contributed by atoms with Gasteiger partial charge in [-0.15, -0.1) is 24.0 Å². The van der Waals surface area contributed by atoms with Crippen LogP contribution in [-0.4, -0.2) is 35.9 Å². The SMILES string of the molecule is CN=C(NCCCc1cnn(C)c1)NCCCc1ccc(Cl)cc1Cl.I. The fourth-order valence-corrected chi connectivity index (χ4v) is 3.03. The van der Waals surface area contributed by atoms with Gasteiger partial charge in [-0.1, -0.05) is 29.3 Å². The fraction of sp³-hybridized carbons (Fsp3) is 0.444. The van der Waals surface area contributed by atoms with Gasteiger partial charge in [0.1, 0.15) is 0 Å². The van der Waals surface area contributed by atoms with Crippen LogP contribution in [-0.2, 0) is 19.9 Å². The molecule has 0 saturated carbocycles. The second-order valence-electron chi connectivity index (χ2n) is 5.89. The molecule has 1 aromatic carbocycles. The van der Waals surface area contributed by atoms with E-state index in [4.69, 9.17) is 23.2 Å². The van der Waals surface area contributed by atoms with Crippen LogP contribution in [0.2, 0.25) is 10.0 Å². The lowest BCUT2D eigenvalue weighted by atomic mass is 10.1. The van der Waals surface area contributed by atoms with E-state index in [2.05, 4.69) is 26.9 Å². The topological polar surface area (TPSA) is 54.2 Å². The average molecular weight is 510 g/mol. The van der Waals surface area contributed by atoms with Crippen LogP contribution in [0.4, 0.5) is 0 Å². The van der Waals surface area contributed by atoms with Crippen molar-refractivity contribution in [3.63, 3.8) is 0 Å². The number of aliphatic imine (C=N–C) groups is 1. The predicted octanol–water partition coefficient (Wildman–Crippen LogP) is 4.08. The highest BCUT2D eigenvalue weighted by Gasteiger charge is 2.02. The first-order valence-electron chi connectivity index (χ1n) is 8.44. The molecule has 0 saturated heterocycles. The van der Waals surface area contributed by atoms with Crippen molar-refractivity contribution in [3.8, 4) is 0 Å². The highest BCUT2D eigenvalue weighted by atomic mass is 127. The summed E-state index contributed by atoms with van der Waals surface area (Å²) >= 11 is 12.1. The fourth-order valence-electron chi connectivity index (χ4n) is 2.53. The zero-order chi connectivity index (χ0) is 18.1. The van der Waals surface area contributed by atoms with Gasteiger partial charge in [0.15, 0.2) is 5.96 Å². The van der Waals surface area contributed by atoms with E-state index in [0.717, 1.165) is 55.3 Å². The molecule has 0 fully saturated rings. The third kappa shape index (κ3) is 8.14. The minimum absolute atomic E-state index is 0. The highest BCUT2D eigenvalue weighted by Crippen LogP contribution is 2.21. The molecule has 2 rings (SSSR count). The number of nitrogens with one attached hydrogen (secondary N) is 2. The molecule has 2 N–H and O–H groups in total. The Morgan fingerprint density at radius 1 is 1.15 bits per heavy atom. The Labute approximate surface area is 182 Å². The third-order valence-electron chi connectivity index (χ3n) is 3.85. The first kappa shape index (κ1) is 23.0. The number of guanidine groups is 1. The molecule has 1 aromatic heterocycles. The van der Waals surface area contributed by atoms with Gasteiger partial charge < -0.3 is 10.6 Å². The van der Waals surface area contributed by atoms with Gasteiger partial charge >= 0.3 is 0 Å². The van der Waals surface area contributed by atoms with Crippen molar-refractivity contribution in [3.05, 3.63) is 51.8 Å². The van der Waals surface area contributed by atoms with Crippen LogP contribution in [0.25, 0.3) is 0 Å². The first-order chi connectivity index (χ1) is 12.1. The van der Waals surface area contributed by atoms with E-state index in [0.29, 0.717) is 5.02 Å². The second kappa shape index (κ2) is 12.4. The molecule has 0 amide bonds. The monoisotopic (exact) mass is 509 g/mol. The van der Waals surface area contributed by atoms with Crippen molar-refractivity contribution < 1.29 is 0 Å². The largest absolute Gasteiger partial charge is 0.356 e. The summed E-state index contributed by atoms with van der Waals surface area (Å²) in [6, 6.07) is 5.64. The molecular weight excluding hydrogens is 484 g/mol. The summed E-state index contributed by atoms with van der Waals surface area (Å²) in [6.07, 6.45) is 7.88. The number of aryl methyl sites for hydroxylation is 3. The smallest absolute Gasteiger partial charge is 0.190 e. The summed E-state index contributed by atoms with van der Waals surface area (Å²) in [5.41, 5.74) is 2.37. The van der Waals surface area contributed by atoms with Crippen molar-refractivity contribution in [1.82, 2.24) is 20.4 Å². The number of nitrogens with zero attached hydrogens (tertiary/aromatic N) is 3. The van der Waals surface area contributed by atoms with Gasteiger partial charge in [-0.2, -0.15) is 5.10 Å². The second-order valence-corrected chi connectivity index (χ2v) is 6.73. The molecule has 0 aliphatic carbocycles. The summed E-state index contributed by atoms with van der Waals surface area (Å²) in [6.45, 7) is 1.71. The zero-order valence-corrected chi connectivity index (χ0v) is 19.0. The summed E-state index contributed by atoms with van der Waals surface area (Å²) in [7, 11) is 3.72. The van der Waals surface area contributed by atoms with E-state index >= 15 is 0 Å². The molecule has 0 aliphatic rings. The van der Waals surface area contributed by atoms with Gasteiger partial charge in [-0.25, -0.2) is 0 Å². The van der Waals surface area contributed by atoms with Crippen LogP contribution >= 0.6 is 47.2 Å². The predicted molar refractivity (Wildman–Crippen MR) is 121 cm³/mol. The Balaban J connectivity index is 0.00000338. The summed E-state index contributed by atoms with van der Waals surface area (Å²) in [4.78, 5) is 4.24. The molecule has 0 spiro atoms. The molecule has 0 unspecified atom stereocenters. The average Bonchev–Trinajstić information content (AvgIpc) is 3.00. The molecule has 26 heavy (non-hydrogen) atoms. The summed E-state index contributed by atoms with van der Waals surface area (Å²) < 4.78 is 1.83. The maximum absolute atomic E-state index is 6.19. The van der Waals surface area contributed by atoms with E-state index in [-0.39, 0.29) is 24.0 Å². The van der Waals surface area contributed by atoms with Crippen LogP contribution in [0, 0.1) is 0 Å². The summed E-state index contributed by atoms with van der Waals surface area (Å²) in [5.74, 6) is 0.827. The minimum atomic E-state index is 0. The quantitative estimate of drug-likeness (QED) is 0.244. The van der Waals surface area contributed by atoms with Crippen LogP contribution in [0.1, 0.15) is 24.0 Å². The Morgan fingerprint density at radius 2 is 1.85 bits per heavy atom. The van der Waals surface area contributed by atoms with Crippen molar-refractivity contribution in [1.29, 1.82) is 0 Å². The van der Waals surface area contributed by atoms with E-state index in [1.165, 1.54) is 5.56 Å². The minimum Gasteiger partial charge on any atom is -0.356 e. The van der Waals surface area contributed by atoms with Crippen molar-refractivity contribution in [2.75, 3.05) is 20.1 Å². The third-order valence-corrected chi connectivity index (χ3v) is 4.43. The molecule has 5 nitrogen and oxygen atoms in total. The lowest BCUT2D eigenvalue weighted by Gasteiger charge is -2.12. The number of hydrogen-bond acceptors (Lipinski definition) is 2. The van der Waals surface area contributed by atoms with Crippen molar-refractivity contribution >= 4 is 53.1 Å². The molecule has 2 aromatic rings. The lowest BCUT2D eigenvalue weighted by molar-refractivity contribution is 0.717. The number of hydrogen-bond donors (Lipinski definition) is 2. The number of rotatable bonds is 8. The molecule has 0 bridgehead atoms. The van der Waals surface area contributed by atoms with Gasteiger partial charge in [0.2, 0.25) is 0 Å². The number of halogens is 3. The van der Waals surface area contributed by atoms with Crippen molar-refractivity contribution in [2.24, 2.45) is 12.0 Å². The maximum atomic E-state index is 6.19. The number of aromatic nitrogens is 2. The van der Waals surface area contributed by atoms with Gasteiger partial charge in [0.05, 0.1) is 6.20 Å². The molecule has 0 aliphatic heterocycles. The van der Waals surface area contributed by atoms with Gasteiger partial charge in [0, 0.05) is 43.4 Å². The Hall–Kier alpha value is -0.990. The lowest BCUT2D eigenvalue weighted by Crippen LogP contribution is -2.38. The highest BCUT2D eigenvalue weighted by molar-refractivity contribution is 14.0. The maximum Gasteiger partial charge on any atom is 0.190 e. The van der Waals surface area contributed by atoms with Crippen LogP contribution in [0.5, 0.6) is 0 Å².